The Kier molecular flexibility index (Phi) is 5.91. The van der Waals surface area contributed by atoms with Gasteiger partial charge in [-0.3, -0.25) is 4.79 Å². The molecule has 0 radical (unpaired) electrons. The van der Waals surface area contributed by atoms with Crippen molar-refractivity contribution in [1.82, 2.24) is 24.6 Å². The van der Waals surface area contributed by atoms with E-state index in [1.54, 1.807) is 0 Å². The lowest BCUT2D eigenvalue weighted by Crippen LogP contribution is -2.51. The predicted octanol–water partition coefficient (Wildman–Crippen LogP) is 4.47. The smallest absolute Gasteiger partial charge is 0.225 e. The molecule has 2 aliphatic rings. The first kappa shape index (κ1) is 22.7. The fourth-order valence-electron chi connectivity index (χ4n) is 5.20. The molecule has 1 aliphatic carbocycles. The third kappa shape index (κ3) is 4.23. The summed E-state index contributed by atoms with van der Waals surface area (Å²) >= 11 is 0. The van der Waals surface area contributed by atoms with Gasteiger partial charge in [0.15, 0.2) is 5.65 Å². The topological polar surface area (TPSA) is 67.2 Å². The van der Waals surface area contributed by atoms with E-state index in [9.17, 15) is 4.79 Å². The number of aryl methyl sites for hydroxylation is 2. The number of aromatic nitrogens is 4. The Morgan fingerprint density at radius 1 is 0.917 bits per heavy atom. The van der Waals surface area contributed by atoms with Crippen molar-refractivity contribution in [2.75, 3.05) is 31.1 Å². The van der Waals surface area contributed by atoms with Gasteiger partial charge >= 0.3 is 0 Å². The lowest BCUT2D eigenvalue weighted by atomic mass is 9.84. The van der Waals surface area contributed by atoms with Gasteiger partial charge in [-0.25, -0.2) is 14.6 Å². The predicted molar refractivity (Wildman–Crippen MR) is 142 cm³/mol. The Balaban J connectivity index is 1.38. The molecule has 0 bridgehead atoms. The molecule has 1 saturated heterocycles. The molecule has 7 nitrogen and oxygen atoms in total. The van der Waals surface area contributed by atoms with Crippen LogP contribution in [0.15, 0.2) is 54.6 Å². The van der Waals surface area contributed by atoms with Crippen LogP contribution >= 0.6 is 0 Å². The Hall–Kier alpha value is -3.74. The number of hydrogen-bond donors (Lipinski definition) is 0. The van der Waals surface area contributed by atoms with E-state index < -0.39 is 0 Å². The summed E-state index contributed by atoms with van der Waals surface area (Å²) in [7, 11) is 0. The molecule has 184 valence electrons. The summed E-state index contributed by atoms with van der Waals surface area (Å²) in [5, 5.41) is 5.87. The van der Waals surface area contributed by atoms with Crippen LogP contribution in [0.4, 0.5) is 5.82 Å². The number of anilines is 1. The summed E-state index contributed by atoms with van der Waals surface area (Å²) in [6.45, 7) is 7.14. The van der Waals surface area contributed by atoms with E-state index in [4.69, 9.17) is 15.1 Å². The highest BCUT2D eigenvalue weighted by molar-refractivity contribution is 5.91. The maximum atomic E-state index is 12.8. The summed E-state index contributed by atoms with van der Waals surface area (Å²) in [4.78, 5) is 27.3. The number of hydrogen-bond acceptors (Lipinski definition) is 5. The number of rotatable bonds is 5. The van der Waals surface area contributed by atoms with Crippen molar-refractivity contribution in [3.8, 4) is 5.69 Å². The molecule has 0 spiro atoms. The van der Waals surface area contributed by atoms with Crippen molar-refractivity contribution >= 4 is 22.8 Å². The molecule has 0 unspecified atom stereocenters. The minimum atomic E-state index is 0.245. The van der Waals surface area contributed by atoms with Gasteiger partial charge in [0, 0.05) is 38.5 Å². The summed E-state index contributed by atoms with van der Waals surface area (Å²) in [6, 6.07) is 18.7. The number of nitrogens with zero attached hydrogens (tertiary/aromatic N) is 6. The van der Waals surface area contributed by atoms with Crippen LogP contribution in [0.2, 0.25) is 0 Å². The molecule has 1 saturated carbocycles. The molecule has 4 aromatic rings. The van der Waals surface area contributed by atoms with Gasteiger partial charge in [0.25, 0.3) is 0 Å². The first-order valence-corrected chi connectivity index (χ1v) is 13.0. The number of fused-ring (bicyclic) bond motifs is 1. The highest BCUT2D eigenvalue weighted by Crippen LogP contribution is 2.32. The Morgan fingerprint density at radius 2 is 1.64 bits per heavy atom. The van der Waals surface area contributed by atoms with Gasteiger partial charge < -0.3 is 9.80 Å². The van der Waals surface area contributed by atoms with Crippen LogP contribution in [0.3, 0.4) is 0 Å². The fraction of sp³-hybridized carbons (Fsp3) is 0.379. The first-order valence-electron chi connectivity index (χ1n) is 13.0. The monoisotopic (exact) mass is 480 g/mol. The molecule has 3 heterocycles. The number of amides is 1. The molecule has 36 heavy (non-hydrogen) atoms. The molecule has 0 atom stereocenters. The third-order valence-electron chi connectivity index (χ3n) is 7.56. The second kappa shape index (κ2) is 9.37. The maximum Gasteiger partial charge on any atom is 0.225 e. The molecular formula is C29H32N6O. The van der Waals surface area contributed by atoms with Gasteiger partial charge in [0.1, 0.15) is 11.6 Å². The van der Waals surface area contributed by atoms with Crippen molar-refractivity contribution in [2.45, 2.75) is 39.5 Å². The molecule has 6 rings (SSSR count). The van der Waals surface area contributed by atoms with Crippen molar-refractivity contribution in [3.63, 3.8) is 0 Å². The third-order valence-corrected chi connectivity index (χ3v) is 7.56. The first-order chi connectivity index (χ1) is 17.6. The average molecular weight is 481 g/mol. The number of benzene rings is 2. The van der Waals surface area contributed by atoms with Gasteiger partial charge in [0.2, 0.25) is 5.91 Å². The van der Waals surface area contributed by atoms with Crippen LogP contribution in [-0.4, -0.2) is 56.7 Å². The molecule has 1 aliphatic heterocycles. The zero-order valence-corrected chi connectivity index (χ0v) is 21.0. The SMILES string of the molecule is Cc1ccc(Cc2nc(N3CCN(C(=O)C4CCC4)CC3)c3c(C)nn(-c4ccccc4)c3n2)cc1. The van der Waals surface area contributed by atoms with Gasteiger partial charge in [-0.15, -0.1) is 0 Å². The Morgan fingerprint density at radius 3 is 2.31 bits per heavy atom. The van der Waals surface area contributed by atoms with E-state index in [2.05, 4.69) is 48.2 Å². The molecule has 0 N–H and O–H groups in total. The van der Waals surface area contributed by atoms with Gasteiger partial charge in [-0.2, -0.15) is 5.10 Å². The van der Waals surface area contributed by atoms with Crippen LogP contribution in [0, 0.1) is 19.8 Å². The molecular weight excluding hydrogens is 448 g/mol. The number of carbonyl (C=O) groups is 1. The standard InChI is InChI=1S/C29H32N6O/c1-20-11-13-22(14-12-20)19-25-30-27(33-15-17-34(18-16-33)29(36)23-7-6-8-23)26-21(2)32-35(28(26)31-25)24-9-4-3-5-10-24/h3-5,9-14,23H,6-8,15-19H2,1-2H3. The number of piperazine rings is 1. The molecule has 1 amide bonds. The lowest BCUT2D eigenvalue weighted by Gasteiger charge is -2.38. The van der Waals surface area contributed by atoms with Crippen molar-refractivity contribution in [3.05, 3.63) is 77.2 Å². The fourth-order valence-corrected chi connectivity index (χ4v) is 5.20. The van der Waals surface area contributed by atoms with E-state index in [1.165, 1.54) is 17.5 Å². The van der Waals surface area contributed by atoms with Gasteiger partial charge in [-0.1, -0.05) is 54.4 Å². The molecule has 2 aromatic heterocycles. The quantitative estimate of drug-likeness (QED) is 0.422. The van der Waals surface area contributed by atoms with E-state index in [0.717, 1.165) is 73.1 Å². The van der Waals surface area contributed by atoms with Crippen LogP contribution < -0.4 is 4.90 Å². The number of para-hydroxylation sites is 1. The number of carbonyl (C=O) groups excluding carboxylic acids is 1. The second-order valence-corrected chi connectivity index (χ2v) is 10.1. The zero-order valence-electron chi connectivity index (χ0n) is 21.0. The van der Waals surface area contributed by atoms with Crippen LogP contribution in [-0.2, 0) is 11.2 Å². The molecule has 2 aromatic carbocycles. The minimum absolute atomic E-state index is 0.245. The minimum Gasteiger partial charge on any atom is -0.352 e. The molecule has 2 fully saturated rings. The highest BCUT2D eigenvalue weighted by Gasteiger charge is 2.32. The normalized spacial score (nSPS) is 16.4. The zero-order chi connectivity index (χ0) is 24.6. The van der Waals surface area contributed by atoms with Crippen molar-refractivity contribution < 1.29 is 4.79 Å². The lowest BCUT2D eigenvalue weighted by molar-refractivity contribution is -0.138. The largest absolute Gasteiger partial charge is 0.352 e. The average Bonchev–Trinajstić information content (AvgIpc) is 3.21. The Bertz CT molecular complexity index is 1380. The van der Waals surface area contributed by atoms with Crippen molar-refractivity contribution in [2.24, 2.45) is 5.92 Å². The maximum absolute atomic E-state index is 12.8. The summed E-state index contributed by atoms with van der Waals surface area (Å²) in [5.41, 5.74) is 5.15. The van der Waals surface area contributed by atoms with Crippen LogP contribution in [0.1, 0.15) is 41.9 Å². The van der Waals surface area contributed by atoms with Crippen LogP contribution in [0.5, 0.6) is 0 Å². The summed E-state index contributed by atoms with van der Waals surface area (Å²) in [6.07, 6.45) is 3.93. The molecule has 7 heteroatoms. The van der Waals surface area contributed by atoms with E-state index in [1.807, 2.05) is 34.7 Å². The van der Waals surface area contributed by atoms with E-state index in [0.29, 0.717) is 12.3 Å². The second-order valence-electron chi connectivity index (χ2n) is 10.1. The Labute approximate surface area is 211 Å². The summed E-state index contributed by atoms with van der Waals surface area (Å²) < 4.78 is 1.94. The summed E-state index contributed by atoms with van der Waals surface area (Å²) in [5.74, 6) is 2.29. The van der Waals surface area contributed by atoms with Crippen molar-refractivity contribution in [1.29, 1.82) is 0 Å². The van der Waals surface area contributed by atoms with Gasteiger partial charge in [-0.05, 0) is 44.4 Å². The van der Waals surface area contributed by atoms with Gasteiger partial charge in [0.05, 0.1) is 16.8 Å². The highest BCUT2D eigenvalue weighted by atomic mass is 16.2. The van der Waals surface area contributed by atoms with E-state index in [-0.39, 0.29) is 5.92 Å². The van der Waals surface area contributed by atoms with Crippen LogP contribution in [0.25, 0.3) is 16.7 Å². The van der Waals surface area contributed by atoms with E-state index >= 15 is 0 Å².